The number of aryl methyl sites for hydroxylation is 1. The van der Waals surface area contributed by atoms with Crippen LogP contribution in [-0.4, -0.2) is 25.4 Å². The maximum atomic E-state index is 13.0. The van der Waals surface area contributed by atoms with Crippen LogP contribution in [0.15, 0.2) is 77.8 Å². The van der Waals surface area contributed by atoms with Crippen molar-refractivity contribution < 1.29 is 17.9 Å². The normalized spacial score (nSPS) is 12.4. The van der Waals surface area contributed by atoms with Gasteiger partial charge in [-0.2, -0.15) is 4.72 Å². The fraction of sp³-hybridized carbons (Fsp3) is 0.280. The number of aromatic nitrogens is 1. The number of pyridine rings is 1. The smallest absolute Gasteiger partial charge is 0.242 e. The van der Waals surface area contributed by atoms with Crippen LogP contribution in [0.3, 0.4) is 0 Å². The van der Waals surface area contributed by atoms with Crippen molar-refractivity contribution in [3.05, 3.63) is 84.2 Å². The number of carbonyl (C=O) groups excluding carboxylic acids is 1. The molecule has 2 N–H and O–H groups in total. The van der Waals surface area contributed by atoms with Crippen LogP contribution in [0, 0.1) is 12.8 Å². The van der Waals surface area contributed by atoms with Crippen LogP contribution in [0.5, 0.6) is 5.75 Å². The lowest BCUT2D eigenvalue weighted by atomic mass is 10.0. The van der Waals surface area contributed by atoms with Gasteiger partial charge in [-0.1, -0.05) is 43.7 Å². The van der Waals surface area contributed by atoms with Gasteiger partial charge in [0.05, 0.1) is 10.6 Å². The predicted octanol–water partition coefficient (Wildman–Crippen LogP) is 4.30. The Bertz CT molecular complexity index is 1160. The molecule has 1 amide bonds. The standard InChI is InChI=1S/C25H29N3O4S/c1-18(2)15-24(28-33(30,31)23-12-10-19(3)11-13-23)25(29)27-20-8-6-9-22(16-20)32-17-21-7-4-5-14-26-21/h4-14,16,18,24,28H,15,17H2,1-3H3,(H,27,29). The number of sulfonamides is 1. The molecule has 0 radical (unpaired) electrons. The quantitative estimate of drug-likeness (QED) is 0.463. The van der Waals surface area contributed by atoms with E-state index in [-0.39, 0.29) is 10.8 Å². The number of ether oxygens (including phenoxy) is 1. The monoisotopic (exact) mass is 467 g/mol. The third kappa shape index (κ3) is 7.40. The largest absolute Gasteiger partial charge is 0.487 e. The molecule has 0 spiro atoms. The lowest BCUT2D eigenvalue weighted by Crippen LogP contribution is -2.44. The number of hydrogen-bond donors (Lipinski definition) is 2. The fourth-order valence-corrected chi connectivity index (χ4v) is 4.39. The molecule has 33 heavy (non-hydrogen) atoms. The first-order valence-electron chi connectivity index (χ1n) is 10.8. The molecule has 1 heterocycles. The second kappa shape index (κ2) is 11.1. The minimum Gasteiger partial charge on any atom is -0.487 e. The summed E-state index contributed by atoms with van der Waals surface area (Å²) in [6.07, 6.45) is 2.05. The summed E-state index contributed by atoms with van der Waals surface area (Å²) in [5.41, 5.74) is 2.26. The molecule has 0 bridgehead atoms. The molecule has 1 aromatic heterocycles. The third-order valence-electron chi connectivity index (χ3n) is 4.87. The van der Waals surface area contributed by atoms with Crippen molar-refractivity contribution in [1.29, 1.82) is 0 Å². The van der Waals surface area contributed by atoms with E-state index in [4.69, 9.17) is 4.74 Å². The molecule has 0 aliphatic rings. The van der Waals surface area contributed by atoms with Gasteiger partial charge in [-0.15, -0.1) is 0 Å². The van der Waals surface area contributed by atoms with Crippen molar-refractivity contribution in [2.24, 2.45) is 5.92 Å². The Balaban J connectivity index is 1.70. The van der Waals surface area contributed by atoms with Gasteiger partial charge in [-0.3, -0.25) is 9.78 Å². The van der Waals surface area contributed by atoms with E-state index in [1.807, 2.05) is 39.0 Å². The van der Waals surface area contributed by atoms with Crippen LogP contribution in [0.2, 0.25) is 0 Å². The van der Waals surface area contributed by atoms with Crippen LogP contribution >= 0.6 is 0 Å². The van der Waals surface area contributed by atoms with Crippen molar-refractivity contribution in [1.82, 2.24) is 9.71 Å². The molecule has 3 rings (SSSR count). The van der Waals surface area contributed by atoms with Crippen molar-refractivity contribution >= 4 is 21.6 Å². The topological polar surface area (TPSA) is 97.4 Å². The van der Waals surface area contributed by atoms with E-state index in [1.165, 1.54) is 12.1 Å². The van der Waals surface area contributed by atoms with Gasteiger partial charge in [-0.05, 0) is 55.7 Å². The van der Waals surface area contributed by atoms with Gasteiger partial charge in [0, 0.05) is 18.0 Å². The van der Waals surface area contributed by atoms with Gasteiger partial charge in [0.2, 0.25) is 15.9 Å². The average Bonchev–Trinajstić information content (AvgIpc) is 2.78. The Hall–Kier alpha value is -3.23. The van der Waals surface area contributed by atoms with Crippen LogP contribution in [-0.2, 0) is 21.4 Å². The zero-order chi connectivity index (χ0) is 23.8. The molecule has 3 aromatic rings. The van der Waals surface area contributed by atoms with Gasteiger partial charge in [0.1, 0.15) is 18.4 Å². The highest BCUT2D eigenvalue weighted by Gasteiger charge is 2.26. The maximum absolute atomic E-state index is 13.0. The van der Waals surface area contributed by atoms with Crippen molar-refractivity contribution in [2.45, 2.75) is 44.7 Å². The van der Waals surface area contributed by atoms with E-state index < -0.39 is 22.0 Å². The molecule has 2 aromatic carbocycles. The molecule has 174 valence electrons. The first-order chi connectivity index (χ1) is 15.7. The molecular formula is C25H29N3O4S. The lowest BCUT2D eigenvalue weighted by molar-refractivity contribution is -0.118. The Kier molecular flexibility index (Phi) is 8.19. The van der Waals surface area contributed by atoms with E-state index in [0.29, 0.717) is 24.5 Å². The van der Waals surface area contributed by atoms with Crippen molar-refractivity contribution in [3.8, 4) is 5.75 Å². The summed E-state index contributed by atoms with van der Waals surface area (Å²) < 4.78 is 34.0. The van der Waals surface area contributed by atoms with E-state index in [2.05, 4.69) is 15.0 Å². The number of amides is 1. The number of nitrogens with zero attached hydrogens (tertiary/aromatic N) is 1. The zero-order valence-corrected chi connectivity index (χ0v) is 19.8. The Morgan fingerprint density at radius 3 is 2.45 bits per heavy atom. The van der Waals surface area contributed by atoms with Crippen LogP contribution < -0.4 is 14.8 Å². The van der Waals surface area contributed by atoms with Crippen molar-refractivity contribution in [2.75, 3.05) is 5.32 Å². The molecule has 0 saturated heterocycles. The minimum atomic E-state index is -3.85. The van der Waals surface area contributed by atoms with Gasteiger partial charge >= 0.3 is 0 Å². The summed E-state index contributed by atoms with van der Waals surface area (Å²) in [5, 5.41) is 2.81. The van der Waals surface area contributed by atoms with E-state index in [0.717, 1.165) is 11.3 Å². The fourth-order valence-electron chi connectivity index (χ4n) is 3.19. The summed E-state index contributed by atoms with van der Waals surface area (Å²) in [5.74, 6) is 0.245. The van der Waals surface area contributed by atoms with Gasteiger partial charge in [0.25, 0.3) is 0 Å². The Morgan fingerprint density at radius 2 is 1.79 bits per heavy atom. The van der Waals surface area contributed by atoms with Crippen molar-refractivity contribution in [3.63, 3.8) is 0 Å². The molecular weight excluding hydrogens is 438 g/mol. The number of anilines is 1. The zero-order valence-electron chi connectivity index (χ0n) is 19.0. The van der Waals surface area contributed by atoms with Gasteiger partial charge in [-0.25, -0.2) is 8.42 Å². The Labute approximate surface area is 195 Å². The van der Waals surface area contributed by atoms with Gasteiger partial charge in [0.15, 0.2) is 0 Å². The van der Waals surface area contributed by atoms with Crippen LogP contribution in [0.1, 0.15) is 31.5 Å². The molecule has 0 saturated carbocycles. The number of nitrogens with one attached hydrogen (secondary N) is 2. The molecule has 1 unspecified atom stereocenters. The number of rotatable bonds is 10. The van der Waals surface area contributed by atoms with Crippen LogP contribution in [0.25, 0.3) is 0 Å². The summed E-state index contributed by atoms with van der Waals surface area (Å²) in [4.78, 5) is 17.4. The summed E-state index contributed by atoms with van der Waals surface area (Å²) >= 11 is 0. The molecule has 0 aliphatic carbocycles. The average molecular weight is 468 g/mol. The highest BCUT2D eigenvalue weighted by molar-refractivity contribution is 7.89. The summed E-state index contributed by atoms with van der Waals surface area (Å²) in [7, 11) is -3.85. The molecule has 8 heteroatoms. The van der Waals surface area contributed by atoms with E-state index in [9.17, 15) is 13.2 Å². The lowest BCUT2D eigenvalue weighted by Gasteiger charge is -2.20. The van der Waals surface area contributed by atoms with Gasteiger partial charge < -0.3 is 10.1 Å². The highest BCUT2D eigenvalue weighted by atomic mass is 32.2. The number of benzene rings is 2. The van der Waals surface area contributed by atoms with Crippen LogP contribution in [0.4, 0.5) is 5.69 Å². The molecule has 0 aliphatic heterocycles. The van der Waals surface area contributed by atoms with E-state index in [1.54, 1.807) is 42.6 Å². The first-order valence-corrected chi connectivity index (χ1v) is 12.2. The highest BCUT2D eigenvalue weighted by Crippen LogP contribution is 2.20. The SMILES string of the molecule is Cc1ccc(S(=O)(=O)NC(CC(C)C)C(=O)Nc2cccc(OCc3ccccn3)c2)cc1. The Morgan fingerprint density at radius 1 is 1.03 bits per heavy atom. The second-order valence-electron chi connectivity index (χ2n) is 8.24. The number of hydrogen-bond acceptors (Lipinski definition) is 5. The summed E-state index contributed by atoms with van der Waals surface area (Å²) in [6, 6.07) is 18.1. The summed E-state index contributed by atoms with van der Waals surface area (Å²) in [6.45, 7) is 6.05. The predicted molar refractivity (Wildman–Crippen MR) is 128 cm³/mol. The van der Waals surface area contributed by atoms with E-state index >= 15 is 0 Å². The third-order valence-corrected chi connectivity index (χ3v) is 6.35. The maximum Gasteiger partial charge on any atom is 0.242 e. The first kappa shape index (κ1) is 24.4. The minimum absolute atomic E-state index is 0.106. The number of carbonyl (C=O) groups is 1. The molecule has 1 atom stereocenters. The molecule has 7 nitrogen and oxygen atoms in total. The second-order valence-corrected chi connectivity index (χ2v) is 9.96. The molecule has 0 fully saturated rings.